The van der Waals surface area contributed by atoms with Crippen LogP contribution in [0.2, 0.25) is 0 Å². The van der Waals surface area contributed by atoms with E-state index < -0.39 is 0 Å². The molecule has 1 amide bonds. The molecule has 0 aliphatic carbocycles. The van der Waals surface area contributed by atoms with E-state index in [-0.39, 0.29) is 17.6 Å². The van der Waals surface area contributed by atoms with Gasteiger partial charge in [0, 0.05) is 0 Å². The lowest BCUT2D eigenvalue weighted by atomic mass is 10.2. The molecule has 0 saturated carbocycles. The highest BCUT2D eigenvalue weighted by atomic mass is 32.2. The third-order valence-electron chi connectivity index (χ3n) is 4.06. The van der Waals surface area contributed by atoms with E-state index in [4.69, 9.17) is 4.74 Å². The number of rotatable bonds is 8. The van der Waals surface area contributed by atoms with Crippen LogP contribution in [0.1, 0.15) is 33.5 Å². The Hall–Kier alpha value is -2.65. The van der Waals surface area contributed by atoms with E-state index >= 15 is 0 Å². The summed E-state index contributed by atoms with van der Waals surface area (Å²) in [5.41, 5.74) is 1.93. The van der Waals surface area contributed by atoms with Gasteiger partial charge in [-0.1, -0.05) is 42.1 Å². The number of aryl methyl sites for hydroxylation is 2. The van der Waals surface area contributed by atoms with Gasteiger partial charge in [-0.25, -0.2) is 4.79 Å². The van der Waals surface area contributed by atoms with E-state index in [1.807, 2.05) is 48.7 Å². The Balaban J connectivity index is 1.60. The molecule has 29 heavy (non-hydrogen) atoms. The number of hydrogen-bond acceptors (Lipinski definition) is 7. The molecule has 0 atom stereocenters. The Kier molecular flexibility index (Phi) is 7.05. The SMILES string of the molecule is CCOC(=O)c1sc(NC(=O)CSc2nnc(C)n2Cc2ccccc2)cc1C. The molecule has 0 bridgehead atoms. The number of carbonyl (C=O) groups excluding carboxylic acids is 2. The molecule has 0 saturated heterocycles. The zero-order chi connectivity index (χ0) is 20.8. The summed E-state index contributed by atoms with van der Waals surface area (Å²) in [6.45, 7) is 6.45. The number of carbonyl (C=O) groups is 2. The molecule has 0 unspecified atom stereocenters. The molecule has 0 radical (unpaired) electrons. The Labute approximate surface area is 177 Å². The highest BCUT2D eigenvalue weighted by molar-refractivity contribution is 7.99. The van der Waals surface area contributed by atoms with E-state index in [9.17, 15) is 9.59 Å². The number of aromatic nitrogens is 3. The van der Waals surface area contributed by atoms with Crippen LogP contribution in [-0.4, -0.2) is 39.0 Å². The lowest BCUT2D eigenvalue weighted by molar-refractivity contribution is -0.113. The number of anilines is 1. The van der Waals surface area contributed by atoms with Gasteiger partial charge in [-0.3, -0.25) is 4.79 Å². The normalized spacial score (nSPS) is 10.7. The average molecular weight is 431 g/mol. The molecule has 3 aromatic rings. The molecular formula is C20H22N4O3S2. The van der Waals surface area contributed by atoms with Crippen molar-refractivity contribution in [2.75, 3.05) is 17.7 Å². The van der Waals surface area contributed by atoms with Crippen molar-refractivity contribution >= 4 is 40.0 Å². The van der Waals surface area contributed by atoms with Crippen LogP contribution < -0.4 is 5.32 Å². The largest absolute Gasteiger partial charge is 0.462 e. The highest BCUT2D eigenvalue weighted by Crippen LogP contribution is 2.28. The van der Waals surface area contributed by atoms with Crippen LogP contribution in [0.5, 0.6) is 0 Å². The second-order valence-electron chi connectivity index (χ2n) is 6.28. The highest BCUT2D eigenvalue weighted by Gasteiger charge is 2.17. The summed E-state index contributed by atoms with van der Waals surface area (Å²) >= 11 is 2.55. The summed E-state index contributed by atoms with van der Waals surface area (Å²) in [7, 11) is 0. The molecule has 2 aromatic heterocycles. The van der Waals surface area contributed by atoms with E-state index in [2.05, 4.69) is 15.5 Å². The Morgan fingerprint density at radius 2 is 1.97 bits per heavy atom. The number of thiophene rings is 1. The molecule has 0 aliphatic rings. The molecule has 7 nitrogen and oxygen atoms in total. The predicted molar refractivity (Wildman–Crippen MR) is 115 cm³/mol. The van der Waals surface area contributed by atoms with Crippen LogP contribution >= 0.6 is 23.1 Å². The summed E-state index contributed by atoms with van der Waals surface area (Å²) in [4.78, 5) is 24.8. The maximum absolute atomic E-state index is 12.4. The molecule has 0 spiro atoms. The van der Waals surface area contributed by atoms with Crippen LogP contribution in [0.15, 0.2) is 41.6 Å². The van der Waals surface area contributed by atoms with Crippen LogP contribution in [-0.2, 0) is 16.1 Å². The number of thioether (sulfide) groups is 1. The number of amides is 1. The number of nitrogens with one attached hydrogen (secondary N) is 1. The van der Waals surface area contributed by atoms with Gasteiger partial charge in [-0.2, -0.15) is 0 Å². The quantitative estimate of drug-likeness (QED) is 0.431. The fourth-order valence-electron chi connectivity index (χ4n) is 2.66. The van der Waals surface area contributed by atoms with Gasteiger partial charge in [-0.05, 0) is 38.0 Å². The Bertz CT molecular complexity index is 999. The van der Waals surface area contributed by atoms with E-state index in [1.165, 1.54) is 23.1 Å². The van der Waals surface area contributed by atoms with Gasteiger partial charge in [0.25, 0.3) is 0 Å². The number of benzene rings is 1. The summed E-state index contributed by atoms with van der Waals surface area (Å²) in [5.74, 6) is 0.455. The fourth-order valence-corrected chi connectivity index (χ4v) is 4.43. The van der Waals surface area contributed by atoms with Gasteiger partial charge in [0.15, 0.2) is 5.16 Å². The summed E-state index contributed by atoms with van der Waals surface area (Å²) in [6, 6.07) is 11.8. The van der Waals surface area contributed by atoms with Crippen LogP contribution in [0, 0.1) is 13.8 Å². The zero-order valence-corrected chi connectivity index (χ0v) is 18.1. The minimum Gasteiger partial charge on any atom is -0.462 e. The minimum absolute atomic E-state index is 0.168. The van der Waals surface area contributed by atoms with Gasteiger partial charge in [0.05, 0.1) is 23.9 Å². The molecule has 1 aromatic carbocycles. The van der Waals surface area contributed by atoms with E-state index in [1.54, 1.807) is 13.0 Å². The molecule has 2 heterocycles. The maximum Gasteiger partial charge on any atom is 0.348 e. The number of nitrogens with zero attached hydrogens (tertiary/aromatic N) is 3. The Morgan fingerprint density at radius 1 is 1.21 bits per heavy atom. The number of ether oxygens (including phenoxy) is 1. The van der Waals surface area contributed by atoms with Crippen molar-refractivity contribution < 1.29 is 14.3 Å². The van der Waals surface area contributed by atoms with Gasteiger partial charge in [0.1, 0.15) is 10.7 Å². The smallest absolute Gasteiger partial charge is 0.348 e. The van der Waals surface area contributed by atoms with Crippen LogP contribution in [0.25, 0.3) is 0 Å². The third-order valence-corrected chi connectivity index (χ3v) is 6.16. The average Bonchev–Trinajstić information content (AvgIpc) is 3.24. The van der Waals surface area contributed by atoms with Gasteiger partial charge >= 0.3 is 5.97 Å². The van der Waals surface area contributed by atoms with Crippen molar-refractivity contribution in [3.63, 3.8) is 0 Å². The topological polar surface area (TPSA) is 86.1 Å². The summed E-state index contributed by atoms with van der Waals surface area (Å²) < 4.78 is 7.02. The van der Waals surface area contributed by atoms with Crippen molar-refractivity contribution in [3.05, 3.63) is 58.2 Å². The fraction of sp³-hybridized carbons (Fsp3) is 0.300. The lowest BCUT2D eigenvalue weighted by Gasteiger charge is -2.08. The third kappa shape index (κ3) is 5.45. The van der Waals surface area contributed by atoms with Crippen molar-refractivity contribution in [2.24, 2.45) is 0 Å². The first-order chi connectivity index (χ1) is 14.0. The molecule has 1 N–H and O–H groups in total. The van der Waals surface area contributed by atoms with Gasteiger partial charge in [-0.15, -0.1) is 21.5 Å². The monoisotopic (exact) mass is 430 g/mol. The molecule has 3 rings (SSSR count). The predicted octanol–water partition coefficient (Wildman–Crippen LogP) is 3.91. The van der Waals surface area contributed by atoms with Crippen LogP contribution in [0.3, 0.4) is 0 Å². The summed E-state index contributed by atoms with van der Waals surface area (Å²) in [6.07, 6.45) is 0. The van der Waals surface area contributed by atoms with E-state index in [0.29, 0.717) is 28.2 Å². The molecular weight excluding hydrogens is 408 g/mol. The zero-order valence-electron chi connectivity index (χ0n) is 16.5. The molecule has 0 aliphatic heterocycles. The van der Waals surface area contributed by atoms with E-state index in [0.717, 1.165) is 17.0 Å². The standard InChI is InChI=1S/C20H22N4O3S2/c1-4-27-19(26)18-13(2)10-17(29-18)21-16(25)12-28-20-23-22-14(3)24(20)11-15-8-6-5-7-9-15/h5-10H,4,11-12H2,1-3H3,(H,21,25). The van der Waals surface area contributed by atoms with Crippen molar-refractivity contribution in [1.29, 1.82) is 0 Å². The van der Waals surface area contributed by atoms with Gasteiger partial charge in [0.2, 0.25) is 5.91 Å². The summed E-state index contributed by atoms with van der Waals surface area (Å²) in [5, 5.41) is 12.5. The van der Waals surface area contributed by atoms with Crippen LogP contribution in [0.4, 0.5) is 5.00 Å². The minimum atomic E-state index is -0.366. The number of hydrogen-bond donors (Lipinski definition) is 1. The first kappa shape index (κ1) is 21.1. The molecule has 9 heteroatoms. The first-order valence-corrected chi connectivity index (χ1v) is 10.9. The van der Waals surface area contributed by atoms with Crippen molar-refractivity contribution in [3.8, 4) is 0 Å². The van der Waals surface area contributed by atoms with Gasteiger partial charge < -0.3 is 14.6 Å². The maximum atomic E-state index is 12.4. The number of esters is 1. The lowest BCUT2D eigenvalue weighted by Crippen LogP contribution is -2.14. The van der Waals surface area contributed by atoms with Crippen molar-refractivity contribution in [2.45, 2.75) is 32.5 Å². The second kappa shape index (κ2) is 9.71. The Morgan fingerprint density at radius 3 is 2.69 bits per heavy atom. The molecule has 0 fully saturated rings. The first-order valence-electron chi connectivity index (χ1n) is 9.11. The second-order valence-corrected chi connectivity index (χ2v) is 8.28. The van der Waals surface area contributed by atoms with Crippen molar-refractivity contribution in [1.82, 2.24) is 14.8 Å². The molecule has 152 valence electrons.